The second-order valence-corrected chi connectivity index (χ2v) is 8.47. The van der Waals surface area contributed by atoms with Crippen molar-refractivity contribution in [2.75, 3.05) is 31.1 Å². The van der Waals surface area contributed by atoms with Crippen molar-refractivity contribution in [1.82, 2.24) is 20.4 Å². The molecule has 8 nitrogen and oxygen atoms in total. The molecule has 4 unspecified atom stereocenters. The Morgan fingerprint density at radius 2 is 2.08 bits per heavy atom. The number of nitrogens with one attached hydrogen (secondary N) is 1. The number of carbonyl (C=O) groups is 1. The van der Waals surface area contributed by atoms with Crippen molar-refractivity contribution < 1.29 is 14.1 Å². The Kier molecular flexibility index (Phi) is 3.84. The Labute approximate surface area is 153 Å². The summed E-state index contributed by atoms with van der Waals surface area (Å²) >= 11 is 0. The second kappa shape index (κ2) is 6.11. The quantitative estimate of drug-likeness (QED) is 0.858. The van der Waals surface area contributed by atoms with Crippen molar-refractivity contribution in [3.05, 3.63) is 5.82 Å². The molecule has 4 heterocycles. The van der Waals surface area contributed by atoms with Crippen LogP contribution in [0, 0.1) is 12.8 Å². The van der Waals surface area contributed by atoms with Crippen LogP contribution in [0.5, 0.6) is 0 Å². The van der Waals surface area contributed by atoms with Crippen molar-refractivity contribution in [2.45, 2.75) is 63.1 Å². The van der Waals surface area contributed by atoms with Gasteiger partial charge in [-0.15, -0.1) is 0 Å². The van der Waals surface area contributed by atoms with E-state index in [2.05, 4.69) is 25.3 Å². The number of amides is 1. The van der Waals surface area contributed by atoms with Crippen LogP contribution in [0.2, 0.25) is 0 Å². The molecule has 26 heavy (non-hydrogen) atoms. The summed E-state index contributed by atoms with van der Waals surface area (Å²) in [6.45, 7) is 5.68. The number of likely N-dealkylation sites (tertiary alicyclic amines) is 1. The third kappa shape index (κ3) is 2.84. The van der Waals surface area contributed by atoms with Gasteiger partial charge in [-0.1, -0.05) is 5.16 Å². The minimum atomic E-state index is -0.271. The fourth-order valence-corrected chi connectivity index (χ4v) is 5.47. The number of hydrogen-bond donors (Lipinski definition) is 1. The molecule has 3 aliphatic heterocycles. The van der Waals surface area contributed by atoms with E-state index in [-0.39, 0.29) is 11.7 Å². The normalized spacial score (nSPS) is 37.7. The number of ether oxygens (including phenoxy) is 1. The lowest BCUT2D eigenvalue weighted by molar-refractivity contribution is 0.0419. The van der Waals surface area contributed by atoms with E-state index in [0.29, 0.717) is 36.4 Å². The summed E-state index contributed by atoms with van der Waals surface area (Å²) in [5, 5.41) is 6.80. The summed E-state index contributed by atoms with van der Waals surface area (Å²) in [4.78, 5) is 20.9. The summed E-state index contributed by atoms with van der Waals surface area (Å²) in [6, 6.07) is 1.80. The maximum absolute atomic E-state index is 11.5. The van der Waals surface area contributed by atoms with Gasteiger partial charge in [0.05, 0.1) is 6.54 Å². The summed E-state index contributed by atoms with van der Waals surface area (Å²) in [5.74, 6) is 1.41. The van der Waals surface area contributed by atoms with E-state index < -0.39 is 0 Å². The zero-order chi connectivity index (χ0) is 17.7. The number of aromatic nitrogens is 2. The number of fused-ring (bicyclic) bond motifs is 2. The fourth-order valence-electron chi connectivity index (χ4n) is 5.47. The van der Waals surface area contributed by atoms with Gasteiger partial charge in [0.25, 0.3) is 0 Å². The van der Waals surface area contributed by atoms with Gasteiger partial charge in [-0.05, 0) is 51.5 Å². The molecule has 0 aromatic carbocycles. The lowest BCUT2D eigenvalue weighted by Crippen LogP contribution is -2.43. The number of alkyl carbamates (subject to hydrolysis) is 1. The smallest absolute Gasteiger partial charge is 0.407 e. The van der Waals surface area contributed by atoms with Crippen LogP contribution in [0.25, 0.3) is 0 Å². The number of aryl methyl sites for hydroxylation is 1. The molecule has 4 aliphatic rings. The van der Waals surface area contributed by atoms with Gasteiger partial charge in [0, 0.05) is 31.6 Å². The zero-order valence-electron chi connectivity index (χ0n) is 15.3. The van der Waals surface area contributed by atoms with Crippen LogP contribution >= 0.6 is 0 Å². The fraction of sp³-hybridized carbons (Fsp3) is 0.833. The molecule has 1 N–H and O–H groups in total. The molecule has 142 valence electrons. The summed E-state index contributed by atoms with van der Waals surface area (Å²) in [6.07, 6.45) is 6.37. The van der Waals surface area contributed by atoms with E-state index in [0.717, 1.165) is 45.3 Å². The maximum Gasteiger partial charge on any atom is 0.407 e. The third-order valence-electron chi connectivity index (χ3n) is 6.73. The summed E-state index contributed by atoms with van der Waals surface area (Å²) < 4.78 is 11.1. The average Bonchev–Trinajstić information content (AvgIpc) is 3.23. The van der Waals surface area contributed by atoms with Gasteiger partial charge < -0.3 is 24.4 Å². The predicted molar refractivity (Wildman–Crippen MR) is 93.9 cm³/mol. The minimum absolute atomic E-state index is 0.250. The monoisotopic (exact) mass is 361 g/mol. The molecule has 1 aliphatic carbocycles. The molecular weight excluding hydrogens is 334 g/mol. The van der Waals surface area contributed by atoms with Gasteiger partial charge in [0.2, 0.25) is 0 Å². The van der Waals surface area contributed by atoms with Gasteiger partial charge in [0.1, 0.15) is 5.60 Å². The SMILES string of the molecule is Cc1noc(N2CC3CC(N4CCCC5(CC4)CNC(=O)O5)CC2C3)n1. The van der Waals surface area contributed by atoms with Crippen molar-refractivity contribution in [2.24, 2.45) is 5.92 Å². The lowest BCUT2D eigenvalue weighted by Gasteiger charge is -2.37. The minimum Gasteiger partial charge on any atom is -0.441 e. The highest BCUT2D eigenvalue weighted by molar-refractivity contribution is 5.70. The Morgan fingerprint density at radius 1 is 1.19 bits per heavy atom. The topological polar surface area (TPSA) is 83.7 Å². The molecule has 1 spiro atoms. The Hall–Kier alpha value is -1.83. The molecule has 2 bridgehead atoms. The second-order valence-electron chi connectivity index (χ2n) is 8.47. The molecule has 4 fully saturated rings. The molecule has 1 aromatic rings. The summed E-state index contributed by atoms with van der Waals surface area (Å²) in [7, 11) is 0. The number of hydrogen-bond acceptors (Lipinski definition) is 7. The number of anilines is 1. The Morgan fingerprint density at radius 3 is 2.85 bits per heavy atom. The van der Waals surface area contributed by atoms with Crippen LogP contribution in [0.1, 0.15) is 44.3 Å². The molecule has 3 saturated heterocycles. The lowest BCUT2D eigenvalue weighted by atomic mass is 9.85. The van der Waals surface area contributed by atoms with Gasteiger partial charge in [0.15, 0.2) is 5.82 Å². The third-order valence-corrected chi connectivity index (χ3v) is 6.73. The first-order chi connectivity index (χ1) is 12.6. The average molecular weight is 361 g/mol. The van der Waals surface area contributed by atoms with Crippen molar-refractivity contribution in [1.29, 1.82) is 0 Å². The summed E-state index contributed by atoms with van der Waals surface area (Å²) in [5.41, 5.74) is -0.271. The van der Waals surface area contributed by atoms with Gasteiger partial charge in [-0.2, -0.15) is 4.98 Å². The molecule has 4 atom stereocenters. The van der Waals surface area contributed by atoms with Crippen LogP contribution < -0.4 is 10.2 Å². The van der Waals surface area contributed by atoms with Crippen molar-refractivity contribution >= 4 is 12.1 Å². The van der Waals surface area contributed by atoms with Crippen molar-refractivity contribution in [3.63, 3.8) is 0 Å². The van der Waals surface area contributed by atoms with E-state index >= 15 is 0 Å². The zero-order valence-corrected chi connectivity index (χ0v) is 15.3. The molecule has 0 radical (unpaired) electrons. The number of carbonyl (C=O) groups excluding carboxylic acids is 1. The van der Waals surface area contributed by atoms with Crippen LogP contribution in [0.4, 0.5) is 10.8 Å². The van der Waals surface area contributed by atoms with Crippen molar-refractivity contribution in [3.8, 4) is 0 Å². The molecule has 5 rings (SSSR count). The van der Waals surface area contributed by atoms with Gasteiger partial charge >= 0.3 is 12.1 Å². The van der Waals surface area contributed by atoms with Crippen LogP contribution in [-0.2, 0) is 4.74 Å². The number of nitrogens with zero attached hydrogens (tertiary/aromatic N) is 4. The Bertz CT molecular complexity index is 694. The van der Waals surface area contributed by atoms with E-state index in [1.54, 1.807) is 0 Å². The largest absolute Gasteiger partial charge is 0.441 e. The van der Waals surface area contributed by atoms with Crippen LogP contribution in [0.15, 0.2) is 4.52 Å². The molecule has 8 heteroatoms. The first-order valence-electron chi connectivity index (χ1n) is 9.88. The predicted octanol–water partition coefficient (Wildman–Crippen LogP) is 1.70. The first kappa shape index (κ1) is 16.4. The first-order valence-corrected chi connectivity index (χ1v) is 9.88. The molecule has 1 saturated carbocycles. The Balaban J connectivity index is 1.25. The van der Waals surface area contributed by atoms with E-state index in [9.17, 15) is 4.79 Å². The highest BCUT2D eigenvalue weighted by Gasteiger charge is 2.45. The molecular formula is C18H27N5O3. The standard InChI is InChI=1S/C18H27N5O3/c1-12-20-16(26-21-12)23-10-13-7-14(9-15(23)8-13)22-5-2-3-18(4-6-22)11-19-17(24)25-18/h13-15H,2-11H2,1H3,(H,19,24). The van der Waals surface area contributed by atoms with Gasteiger partial charge in [-0.25, -0.2) is 4.79 Å². The highest BCUT2D eigenvalue weighted by Crippen LogP contribution is 2.40. The van der Waals surface area contributed by atoms with E-state index in [1.807, 2.05) is 6.92 Å². The van der Waals surface area contributed by atoms with Crippen LogP contribution in [0.3, 0.4) is 0 Å². The van der Waals surface area contributed by atoms with E-state index in [4.69, 9.17) is 9.26 Å². The highest BCUT2D eigenvalue weighted by atomic mass is 16.6. The van der Waals surface area contributed by atoms with E-state index in [1.165, 1.54) is 12.8 Å². The molecule has 1 aromatic heterocycles. The van der Waals surface area contributed by atoms with Crippen LogP contribution in [-0.4, -0.2) is 65.0 Å². The van der Waals surface area contributed by atoms with Gasteiger partial charge in [-0.3, -0.25) is 0 Å². The molecule has 1 amide bonds. The maximum atomic E-state index is 11.5. The number of rotatable bonds is 2.